The van der Waals surface area contributed by atoms with Crippen LogP contribution in [0.25, 0.3) is 0 Å². The maximum Gasteiger partial charge on any atom is 0.134 e. The Morgan fingerprint density at radius 1 is 0.714 bits per heavy atom. The van der Waals surface area contributed by atoms with Gasteiger partial charge in [-0.2, -0.15) is 0 Å². The number of hydrogen-bond acceptors (Lipinski definition) is 7. The molecule has 0 saturated heterocycles. The predicted octanol–water partition coefficient (Wildman–Crippen LogP) is 2.12. The SMILES string of the molecule is COC(OC)[SiH2]CCCSSSCCC[SiH2]C(OC)OC. The standard InChI is InChI=1S/C12H30O4S3Si2/c1-13-11(14-2)20-9-5-7-17-19-18-8-6-10-21-12(15-3)16-4/h11-12H,5-10,20-21H2,1-4H3. The van der Waals surface area contributed by atoms with Crippen molar-refractivity contribution in [1.82, 2.24) is 0 Å². The van der Waals surface area contributed by atoms with Gasteiger partial charge in [-0.15, -0.1) is 0 Å². The van der Waals surface area contributed by atoms with Crippen LogP contribution in [0.4, 0.5) is 0 Å². The molecular weight excluding hydrogens is 361 g/mol. The molecule has 0 amide bonds. The molecule has 0 radical (unpaired) electrons. The molecule has 0 atom stereocenters. The van der Waals surface area contributed by atoms with Crippen LogP contribution in [-0.2, 0) is 18.9 Å². The first kappa shape index (κ1) is 22.3. The first-order chi connectivity index (χ1) is 10.3. The van der Waals surface area contributed by atoms with Gasteiger partial charge >= 0.3 is 0 Å². The molecular formula is C12H30O4S3Si2. The highest BCUT2D eigenvalue weighted by molar-refractivity contribution is 9.09. The molecule has 0 N–H and O–H groups in total. The van der Waals surface area contributed by atoms with Crippen molar-refractivity contribution in [2.24, 2.45) is 0 Å². The quantitative estimate of drug-likeness (QED) is 0.173. The molecule has 0 bridgehead atoms. The zero-order chi connectivity index (χ0) is 15.8. The fourth-order valence-corrected chi connectivity index (χ4v) is 9.13. The number of ether oxygens (including phenoxy) is 4. The molecule has 0 aromatic carbocycles. The van der Waals surface area contributed by atoms with E-state index in [1.54, 1.807) is 28.4 Å². The summed E-state index contributed by atoms with van der Waals surface area (Å²) in [6.45, 7) is 0. The van der Waals surface area contributed by atoms with Gasteiger partial charge in [0, 0.05) is 39.9 Å². The monoisotopic (exact) mass is 390 g/mol. The normalized spacial score (nSPS) is 12.9. The van der Waals surface area contributed by atoms with Crippen LogP contribution in [0.15, 0.2) is 0 Å². The Hall–Kier alpha value is 1.32. The lowest BCUT2D eigenvalue weighted by Crippen LogP contribution is -2.21. The molecule has 0 aliphatic heterocycles. The second-order valence-electron chi connectivity index (χ2n) is 4.51. The summed E-state index contributed by atoms with van der Waals surface area (Å²) < 4.78 is 20.9. The van der Waals surface area contributed by atoms with Crippen molar-refractivity contribution in [3.63, 3.8) is 0 Å². The Bertz CT molecular complexity index is 191. The molecule has 9 heteroatoms. The highest BCUT2D eigenvalue weighted by atomic mass is 33.5. The Morgan fingerprint density at radius 3 is 1.43 bits per heavy atom. The molecule has 128 valence electrons. The molecule has 0 aliphatic rings. The maximum absolute atomic E-state index is 5.22. The summed E-state index contributed by atoms with van der Waals surface area (Å²) in [4.78, 5) is 0. The third-order valence-corrected chi connectivity index (χ3v) is 11.5. The fourth-order valence-electron chi connectivity index (χ4n) is 1.71. The number of hydrogen-bond donors (Lipinski definition) is 0. The summed E-state index contributed by atoms with van der Waals surface area (Å²) in [6.07, 6.45) is 2.56. The van der Waals surface area contributed by atoms with Crippen LogP contribution >= 0.6 is 31.4 Å². The van der Waals surface area contributed by atoms with E-state index in [0.717, 1.165) is 0 Å². The van der Waals surface area contributed by atoms with E-state index < -0.39 is 0 Å². The highest BCUT2D eigenvalue weighted by Crippen LogP contribution is 2.35. The minimum Gasteiger partial charge on any atom is -0.360 e. The zero-order valence-corrected chi connectivity index (χ0v) is 18.9. The van der Waals surface area contributed by atoms with Gasteiger partial charge in [0.2, 0.25) is 0 Å². The van der Waals surface area contributed by atoms with Crippen molar-refractivity contribution in [3.05, 3.63) is 0 Å². The van der Waals surface area contributed by atoms with Gasteiger partial charge in [-0.1, -0.05) is 33.7 Å². The molecule has 0 spiro atoms. The molecule has 0 unspecified atom stereocenters. The summed E-state index contributed by atoms with van der Waals surface area (Å²) in [5.74, 6) is 2.66. The summed E-state index contributed by atoms with van der Waals surface area (Å²) >= 11 is 0. The first-order valence-electron chi connectivity index (χ1n) is 7.30. The minimum atomic E-state index is -0.231. The van der Waals surface area contributed by atoms with Gasteiger partial charge < -0.3 is 18.9 Å². The lowest BCUT2D eigenvalue weighted by atomic mass is 10.6. The fraction of sp³-hybridized carbons (Fsp3) is 1.00. The van der Waals surface area contributed by atoms with E-state index in [4.69, 9.17) is 18.9 Å². The van der Waals surface area contributed by atoms with E-state index in [1.165, 1.54) is 36.4 Å². The van der Waals surface area contributed by atoms with E-state index in [-0.39, 0.29) is 30.9 Å². The van der Waals surface area contributed by atoms with Crippen LogP contribution in [-0.4, -0.2) is 70.8 Å². The average Bonchev–Trinajstić information content (AvgIpc) is 2.52. The Balaban J connectivity index is 3.15. The van der Waals surface area contributed by atoms with Crippen molar-refractivity contribution in [2.45, 2.75) is 36.8 Å². The largest absolute Gasteiger partial charge is 0.360 e. The van der Waals surface area contributed by atoms with Crippen LogP contribution in [0.1, 0.15) is 12.8 Å². The summed E-state index contributed by atoms with van der Waals surface area (Å²) in [6, 6.07) is 2.59. The third-order valence-electron chi connectivity index (χ3n) is 2.98. The van der Waals surface area contributed by atoms with E-state index in [0.29, 0.717) is 0 Å². The zero-order valence-electron chi connectivity index (χ0n) is 13.7. The lowest BCUT2D eigenvalue weighted by molar-refractivity contribution is -0.0442. The van der Waals surface area contributed by atoms with Gasteiger partial charge in [0.1, 0.15) is 11.8 Å². The van der Waals surface area contributed by atoms with Crippen molar-refractivity contribution in [3.8, 4) is 0 Å². The van der Waals surface area contributed by atoms with E-state index in [2.05, 4.69) is 0 Å². The Labute approximate surface area is 146 Å². The van der Waals surface area contributed by atoms with Gasteiger partial charge in [-0.3, -0.25) is 0 Å². The van der Waals surface area contributed by atoms with E-state index >= 15 is 0 Å². The summed E-state index contributed by atoms with van der Waals surface area (Å²) in [5, 5.41) is 0. The molecule has 0 aromatic rings. The van der Waals surface area contributed by atoms with Crippen molar-refractivity contribution in [1.29, 1.82) is 0 Å². The van der Waals surface area contributed by atoms with Crippen LogP contribution in [0.5, 0.6) is 0 Å². The van der Waals surface area contributed by atoms with Gasteiger partial charge in [0.25, 0.3) is 0 Å². The molecule has 0 heterocycles. The molecule has 0 saturated carbocycles. The number of methoxy groups -OCH3 is 4. The topological polar surface area (TPSA) is 36.9 Å². The highest BCUT2D eigenvalue weighted by Gasteiger charge is 2.05. The van der Waals surface area contributed by atoms with Crippen LogP contribution < -0.4 is 0 Å². The Morgan fingerprint density at radius 2 is 1.10 bits per heavy atom. The molecule has 0 fully saturated rings. The molecule has 21 heavy (non-hydrogen) atoms. The second-order valence-corrected chi connectivity index (χ2v) is 12.9. The molecule has 4 nitrogen and oxygen atoms in total. The van der Waals surface area contributed by atoms with Crippen molar-refractivity contribution in [2.75, 3.05) is 39.9 Å². The van der Waals surface area contributed by atoms with Gasteiger partial charge in [-0.25, -0.2) is 0 Å². The minimum absolute atomic E-state index is 0.101. The Kier molecular flexibility index (Phi) is 18.8. The second kappa shape index (κ2) is 17.7. The smallest absolute Gasteiger partial charge is 0.134 e. The predicted molar refractivity (Wildman–Crippen MR) is 104 cm³/mol. The summed E-state index contributed by atoms with van der Waals surface area (Å²) in [7, 11) is 12.3. The van der Waals surface area contributed by atoms with Crippen LogP contribution in [0, 0.1) is 0 Å². The van der Waals surface area contributed by atoms with Gasteiger partial charge in [-0.05, 0) is 22.7 Å². The maximum atomic E-state index is 5.22. The van der Waals surface area contributed by atoms with Gasteiger partial charge in [0.15, 0.2) is 0 Å². The molecule has 0 aliphatic carbocycles. The van der Waals surface area contributed by atoms with E-state index in [9.17, 15) is 0 Å². The molecule has 0 aromatic heterocycles. The third kappa shape index (κ3) is 14.6. The summed E-state index contributed by atoms with van der Waals surface area (Å²) in [5.41, 5.74) is 0. The average molecular weight is 391 g/mol. The van der Waals surface area contributed by atoms with E-state index in [1.807, 2.05) is 31.4 Å². The van der Waals surface area contributed by atoms with Crippen molar-refractivity contribution >= 4 is 50.5 Å². The number of rotatable bonds is 16. The lowest BCUT2D eigenvalue weighted by Gasteiger charge is -2.12. The molecule has 0 rings (SSSR count). The van der Waals surface area contributed by atoms with Crippen LogP contribution in [0.2, 0.25) is 12.1 Å². The first-order valence-corrected chi connectivity index (χ1v) is 14.8. The van der Waals surface area contributed by atoms with Crippen LogP contribution in [0.3, 0.4) is 0 Å². The van der Waals surface area contributed by atoms with Gasteiger partial charge in [0.05, 0.1) is 19.0 Å². The van der Waals surface area contributed by atoms with Crippen molar-refractivity contribution < 1.29 is 18.9 Å².